The zero-order valence-electron chi connectivity index (χ0n) is 5.79. The van der Waals surface area contributed by atoms with Gasteiger partial charge in [0.05, 0.1) is 17.8 Å². The highest BCUT2D eigenvalue weighted by Gasteiger charge is 1.97. The number of halogens is 1. The van der Waals surface area contributed by atoms with E-state index in [1.807, 2.05) is 6.92 Å². The molecule has 1 aromatic rings. The maximum Gasteiger partial charge on any atom is 0.0785 e. The Bertz CT molecular complexity index is 207. The molecule has 3 nitrogen and oxygen atoms in total. The van der Waals surface area contributed by atoms with Crippen LogP contribution in [0.1, 0.15) is 6.92 Å². The molecule has 0 aliphatic carbocycles. The first-order valence-electron chi connectivity index (χ1n) is 3.12. The molecule has 0 bridgehead atoms. The summed E-state index contributed by atoms with van der Waals surface area (Å²) in [6.07, 6.45) is 3.36. The molecule has 0 amide bonds. The molecule has 2 N–H and O–H groups in total. The van der Waals surface area contributed by atoms with Gasteiger partial charge in [0.1, 0.15) is 0 Å². The molecule has 4 heteroatoms. The Morgan fingerprint density at radius 3 is 3.00 bits per heavy atom. The van der Waals surface area contributed by atoms with Gasteiger partial charge in [-0.3, -0.25) is 4.68 Å². The lowest BCUT2D eigenvalue weighted by Crippen LogP contribution is -2.22. The molecular weight excluding hydrogens is 150 g/mol. The Morgan fingerprint density at radius 2 is 2.60 bits per heavy atom. The first-order valence-corrected chi connectivity index (χ1v) is 3.50. The fourth-order valence-corrected chi connectivity index (χ4v) is 0.890. The van der Waals surface area contributed by atoms with Crippen LogP contribution in [0.4, 0.5) is 0 Å². The van der Waals surface area contributed by atoms with Gasteiger partial charge in [-0.25, -0.2) is 0 Å². The summed E-state index contributed by atoms with van der Waals surface area (Å²) in [5, 5.41) is 4.61. The molecule has 0 fully saturated rings. The lowest BCUT2D eigenvalue weighted by atomic mass is 10.4. The highest BCUT2D eigenvalue weighted by atomic mass is 35.5. The molecule has 0 saturated carbocycles. The van der Waals surface area contributed by atoms with Crippen molar-refractivity contribution in [1.29, 1.82) is 0 Å². The third-order valence-corrected chi connectivity index (χ3v) is 1.27. The van der Waals surface area contributed by atoms with Gasteiger partial charge in [0, 0.05) is 12.2 Å². The van der Waals surface area contributed by atoms with E-state index < -0.39 is 0 Å². The topological polar surface area (TPSA) is 43.8 Å². The number of nitrogens with two attached hydrogens (primary N) is 1. The summed E-state index contributed by atoms with van der Waals surface area (Å²) in [6, 6.07) is 0.121. The summed E-state index contributed by atoms with van der Waals surface area (Å²) >= 11 is 5.62. The summed E-state index contributed by atoms with van der Waals surface area (Å²) in [5.74, 6) is 0. The zero-order valence-corrected chi connectivity index (χ0v) is 6.54. The number of nitrogens with zero attached hydrogens (tertiary/aromatic N) is 2. The predicted molar refractivity (Wildman–Crippen MR) is 40.9 cm³/mol. The fourth-order valence-electron chi connectivity index (χ4n) is 0.733. The van der Waals surface area contributed by atoms with E-state index in [1.54, 1.807) is 17.1 Å². The molecule has 1 rings (SSSR count). The van der Waals surface area contributed by atoms with E-state index in [-0.39, 0.29) is 6.04 Å². The molecule has 0 aliphatic rings. The third-order valence-electron chi connectivity index (χ3n) is 1.08. The van der Waals surface area contributed by atoms with Crippen molar-refractivity contribution in [2.45, 2.75) is 19.5 Å². The van der Waals surface area contributed by atoms with E-state index in [9.17, 15) is 0 Å². The monoisotopic (exact) mass is 159 g/mol. The van der Waals surface area contributed by atoms with E-state index in [4.69, 9.17) is 17.3 Å². The van der Waals surface area contributed by atoms with Crippen LogP contribution in [0.15, 0.2) is 12.4 Å². The molecule has 0 aliphatic heterocycles. The van der Waals surface area contributed by atoms with Crippen molar-refractivity contribution in [2.75, 3.05) is 0 Å². The van der Waals surface area contributed by atoms with E-state index in [0.29, 0.717) is 11.6 Å². The van der Waals surface area contributed by atoms with E-state index >= 15 is 0 Å². The molecule has 0 spiro atoms. The average Bonchev–Trinajstić information content (AvgIpc) is 2.13. The molecule has 0 aromatic carbocycles. The van der Waals surface area contributed by atoms with Crippen LogP contribution < -0.4 is 5.73 Å². The quantitative estimate of drug-likeness (QED) is 0.697. The largest absolute Gasteiger partial charge is 0.326 e. The number of hydrogen-bond acceptors (Lipinski definition) is 2. The second-order valence-electron chi connectivity index (χ2n) is 2.36. The summed E-state index contributed by atoms with van der Waals surface area (Å²) in [7, 11) is 0. The molecule has 1 aromatic heterocycles. The summed E-state index contributed by atoms with van der Waals surface area (Å²) in [6.45, 7) is 2.64. The molecule has 1 atom stereocenters. The van der Waals surface area contributed by atoms with Crippen LogP contribution in [0.3, 0.4) is 0 Å². The standard InChI is InChI=1S/C6H10ClN3/c1-5(8)3-10-4-6(7)2-9-10/h2,4-5H,3,8H2,1H3. The van der Waals surface area contributed by atoms with Crippen LogP contribution >= 0.6 is 11.6 Å². The zero-order chi connectivity index (χ0) is 7.56. The summed E-state index contributed by atoms with van der Waals surface area (Å²) in [4.78, 5) is 0. The predicted octanol–water partition coefficient (Wildman–Crippen LogP) is 0.884. The Labute approximate surface area is 64.8 Å². The highest BCUT2D eigenvalue weighted by molar-refractivity contribution is 6.30. The first-order chi connectivity index (χ1) is 4.68. The van der Waals surface area contributed by atoms with Gasteiger partial charge in [-0.15, -0.1) is 0 Å². The molecule has 0 saturated heterocycles. The van der Waals surface area contributed by atoms with Crippen LogP contribution in [0.25, 0.3) is 0 Å². The minimum absolute atomic E-state index is 0.121. The van der Waals surface area contributed by atoms with Crippen molar-refractivity contribution in [1.82, 2.24) is 9.78 Å². The molecule has 56 valence electrons. The van der Waals surface area contributed by atoms with Crippen molar-refractivity contribution in [3.8, 4) is 0 Å². The maximum atomic E-state index is 5.62. The van der Waals surface area contributed by atoms with E-state index in [2.05, 4.69) is 5.10 Å². The third kappa shape index (κ3) is 2.01. The van der Waals surface area contributed by atoms with Crippen molar-refractivity contribution in [3.05, 3.63) is 17.4 Å². The average molecular weight is 160 g/mol. The maximum absolute atomic E-state index is 5.62. The summed E-state index contributed by atoms with van der Waals surface area (Å²) < 4.78 is 1.73. The van der Waals surface area contributed by atoms with E-state index in [1.165, 1.54) is 0 Å². The normalized spacial score (nSPS) is 13.5. The van der Waals surface area contributed by atoms with Crippen LogP contribution in [-0.2, 0) is 6.54 Å². The van der Waals surface area contributed by atoms with Gasteiger partial charge in [0.15, 0.2) is 0 Å². The highest BCUT2D eigenvalue weighted by Crippen LogP contribution is 2.04. The number of rotatable bonds is 2. The Morgan fingerprint density at radius 1 is 1.90 bits per heavy atom. The second-order valence-corrected chi connectivity index (χ2v) is 2.79. The number of hydrogen-bond donors (Lipinski definition) is 1. The van der Waals surface area contributed by atoms with Crippen molar-refractivity contribution in [3.63, 3.8) is 0 Å². The van der Waals surface area contributed by atoms with Gasteiger partial charge in [-0.05, 0) is 6.92 Å². The minimum Gasteiger partial charge on any atom is -0.326 e. The van der Waals surface area contributed by atoms with Crippen molar-refractivity contribution >= 4 is 11.6 Å². The minimum atomic E-state index is 0.121. The SMILES string of the molecule is CC(N)Cn1cc(Cl)cn1. The molecular formula is C6H10ClN3. The van der Waals surface area contributed by atoms with Gasteiger partial charge in [0.2, 0.25) is 0 Å². The Kier molecular flexibility index (Phi) is 2.29. The molecule has 1 unspecified atom stereocenters. The fraction of sp³-hybridized carbons (Fsp3) is 0.500. The van der Waals surface area contributed by atoms with Crippen LogP contribution in [0.2, 0.25) is 5.02 Å². The van der Waals surface area contributed by atoms with Crippen molar-refractivity contribution in [2.24, 2.45) is 5.73 Å². The van der Waals surface area contributed by atoms with Crippen LogP contribution in [-0.4, -0.2) is 15.8 Å². The van der Waals surface area contributed by atoms with Gasteiger partial charge in [-0.2, -0.15) is 5.10 Å². The van der Waals surface area contributed by atoms with Crippen molar-refractivity contribution < 1.29 is 0 Å². The van der Waals surface area contributed by atoms with Gasteiger partial charge >= 0.3 is 0 Å². The lowest BCUT2D eigenvalue weighted by molar-refractivity contribution is 0.538. The molecule has 1 heterocycles. The van der Waals surface area contributed by atoms with Crippen LogP contribution in [0.5, 0.6) is 0 Å². The van der Waals surface area contributed by atoms with Gasteiger partial charge < -0.3 is 5.73 Å². The Balaban J connectivity index is 2.58. The van der Waals surface area contributed by atoms with Gasteiger partial charge in [0.25, 0.3) is 0 Å². The second kappa shape index (κ2) is 3.03. The van der Waals surface area contributed by atoms with Gasteiger partial charge in [-0.1, -0.05) is 11.6 Å². The first kappa shape index (κ1) is 7.57. The van der Waals surface area contributed by atoms with E-state index in [0.717, 1.165) is 0 Å². The Hall–Kier alpha value is -0.540. The molecule has 10 heavy (non-hydrogen) atoms. The lowest BCUT2D eigenvalue weighted by Gasteiger charge is -2.02. The smallest absolute Gasteiger partial charge is 0.0785 e. The molecule has 0 radical (unpaired) electrons. The summed E-state index contributed by atoms with van der Waals surface area (Å²) in [5.41, 5.74) is 5.53. The number of aromatic nitrogens is 2. The van der Waals surface area contributed by atoms with Crippen LogP contribution in [0, 0.1) is 0 Å².